The van der Waals surface area contributed by atoms with Crippen LogP contribution in [0.5, 0.6) is 0 Å². The summed E-state index contributed by atoms with van der Waals surface area (Å²) in [6, 6.07) is 5.28. The molecule has 0 unspecified atom stereocenters. The third kappa shape index (κ3) is 6.57. The summed E-state index contributed by atoms with van der Waals surface area (Å²) in [6.07, 6.45) is -0.616. The second-order valence-electron chi connectivity index (χ2n) is 8.67. The number of benzene rings is 2. The van der Waals surface area contributed by atoms with Gasteiger partial charge in [-0.2, -0.15) is 18.3 Å². The van der Waals surface area contributed by atoms with Gasteiger partial charge in [-0.25, -0.2) is 22.8 Å². The molecule has 0 radical (unpaired) electrons. The van der Waals surface area contributed by atoms with Gasteiger partial charge in [0.05, 0.1) is 30.6 Å². The smallest absolute Gasteiger partial charge is 0.382 e. The molecule has 0 saturated carbocycles. The number of aromatic nitrogens is 3. The number of hydrogen-bond donors (Lipinski definition) is 1. The van der Waals surface area contributed by atoms with Gasteiger partial charge in [0.15, 0.2) is 6.29 Å². The summed E-state index contributed by atoms with van der Waals surface area (Å²) in [7, 11) is 0. The first kappa shape index (κ1) is 28.1. The zero-order valence-corrected chi connectivity index (χ0v) is 20.7. The van der Waals surface area contributed by atoms with Crippen molar-refractivity contribution < 1.29 is 40.9 Å². The second-order valence-corrected chi connectivity index (χ2v) is 10.3. The number of ether oxygens (including phenoxy) is 2. The largest absolute Gasteiger partial charge is 0.417 e. The quantitative estimate of drug-likeness (QED) is 0.384. The Hall–Kier alpha value is -2.87. The predicted octanol–water partition coefficient (Wildman–Crippen LogP) is 5.18. The normalized spacial score (nSPS) is 20.9. The molecule has 1 aliphatic heterocycles. The standard InChI is InChI=1S/C25H23F6N3O3S/c1-15(24(35,12-34-14-32-13-33-34)20-6-5-18(27)9-22(20)28)38-19-10-36-23(37-11-19)7-3-16-2-4-17(26)8-21(16)25(29,30)31/h2-9,13-15,19,23,35H,10-12H2,1H3/b7-3+/t15-,19?,23?,24-/m1/s1. The van der Waals surface area contributed by atoms with E-state index >= 15 is 0 Å². The summed E-state index contributed by atoms with van der Waals surface area (Å²) in [6.45, 7) is 1.74. The first-order valence-electron chi connectivity index (χ1n) is 11.4. The van der Waals surface area contributed by atoms with E-state index in [0.717, 1.165) is 24.3 Å². The number of hydrogen-bond acceptors (Lipinski definition) is 6. The summed E-state index contributed by atoms with van der Waals surface area (Å²) in [5.41, 5.74) is -3.29. The molecule has 204 valence electrons. The van der Waals surface area contributed by atoms with Crippen molar-refractivity contribution in [3.63, 3.8) is 0 Å². The highest BCUT2D eigenvalue weighted by Gasteiger charge is 2.41. The molecule has 13 heteroatoms. The molecule has 0 bridgehead atoms. The molecule has 0 aliphatic carbocycles. The molecular formula is C25H23F6N3O3S. The van der Waals surface area contributed by atoms with Crippen molar-refractivity contribution in [2.75, 3.05) is 13.2 Å². The molecule has 2 heterocycles. The highest BCUT2D eigenvalue weighted by Crippen LogP contribution is 2.39. The number of alkyl halides is 3. The van der Waals surface area contributed by atoms with E-state index in [4.69, 9.17) is 9.47 Å². The van der Waals surface area contributed by atoms with Gasteiger partial charge in [-0.15, -0.1) is 11.8 Å². The van der Waals surface area contributed by atoms with E-state index in [0.29, 0.717) is 12.1 Å². The SMILES string of the molecule is C[C@@H](SC1COC(/C=C/c2ccc(F)cc2C(F)(F)F)OC1)[C@](O)(Cn1cncn1)c1ccc(F)cc1F. The van der Waals surface area contributed by atoms with Crippen LogP contribution in [0.15, 0.2) is 55.1 Å². The van der Waals surface area contributed by atoms with Crippen molar-refractivity contribution in [1.82, 2.24) is 14.8 Å². The zero-order chi connectivity index (χ0) is 27.5. The van der Waals surface area contributed by atoms with Crippen LogP contribution in [0.1, 0.15) is 23.6 Å². The van der Waals surface area contributed by atoms with E-state index in [1.807, 2.05) is 0 Å². The molecule has 4 rings (SSSR count). The van der Waals surface area contributed by atoms with Crippen molar-refractivity contribution in [1.29, 1.82) is 0 Å². The summed E-state index contributed by atoms with van der Waals surface area (Å²) >= 11 is 1.24. The van der Waals surface area contributed by atoms with E-state index in [2.05, 4.69) is 10.1 Å². The van der Waals surface area contributed by atoms with Gasteiger partial charge in [-0.05, 0) is 29.8 Å². The van der Waals surface area contributed by atoms with E-state index < -0.39 is 46.3 Å². The van der Waals surface area contributed by atoms with E-state index in [1.165, 1.54) is 41.2 Å². The number of rotatable bonds is 8. The summed E-state index contributed by atoms with van der Waals surface area (Å²) < 4.78 is 93.7. The molecule has 1 fully saturated rings. The first-order chi connectivity index (χ1) is 18.0. The molecule has 1 N–H and O–H groups in total. The highest BCUT2D eigenvalue weighted by molar-refractivity contribution is 8.00. The van der Waals surface area contributed by atoms with Crippen molar-refractivity contribution in [3.8, 4) is 0 Å². The van der Waals surface area contributed by atoms with Crippen LogP contribution in [0, 0.1) is 17.5 Å². The van der Waals surface area contributed by atoms with Gasteiger partial charge < -0.3 is 14.6 Å². The lowest BCUT2D eigenvalue weighted by molar-refractivity contribution is -0.146. The van der Waals surface area contributed by atoms with Crippen LogP contribution in [-0.2, 0) is 27.8 Å². The van der Waals surface area contributed by atoms with Gasteiger partial charge in [0.1, 0.15) is 35.7 Å². The number of thioether (sulfide) groups is 1. The van der Waals surface area contributed by atoms with Crippen molar-refractivity contribution in [2.24, 2.45) is 0 Å². The molecule has 2 atom stereocenters. The summed E-state index contributed by atoms with van der Waals surface area (Å²) in [5, 5.41) is 14.6. The predicted molar refractivity (Wildman–Crippen MR) is 127 cm³/mol. The lowest BCUT2D eigenvalue weighted by Crippen LogP contribution is -2.43. The Morgan fingerprint density at radius 3 is 2.39 bits per heavy atom. The maximum absolute atomic E-state index is 14.7. The van der Waals surface area contributed by atoms with Crippen LogP contribution in [0.3, 0.4) is 0 Å². The minimum atomic E-state index is -4.74. The van der Waals surface area contributed by atoms with Gasteiger partial charge in [-0.1, -0.05) is 25.1 Å². The average Bonchev–Trinajstić information content (AvgIpc) is 3.36. The molecule has 0 spiro atoms. The zero-order valence-electron chi connectivity index (χ0n) is 19.9. The fourth-order valence-electron chi connectivity index (χ4n) is 4.03. The molecular weight excluding hydrogens is 536 g/mol. The Bertz CT molecular complexity index is 1270. The first-order valence-corrected chi connectivity index (χ1v) is 12.3. The fraction of sp³-hybridized carbons (Fsp3) is 0.360. The van der Waals surface area contributed by atoms with Crippen molar-refractivity contribution >= 4 is 17.8 Å². The Morgan fingerprint density at radius 2 is 1.76 bits per heavy atom. The molecule has 1 aromatic heterocycles. The maximum atomic E-state index is 14.7. The average molecular weight is 560 g/mol. The molecule has 1 saturated heterocycles. The number of aliphatic hydroxyl groups is 1. The van der Waals surface area contributed by atoms with Gasteiger partial charge in [0, 0.05) is 16.9 Å². The number of nitrogens with zero attached hydrogens (tertiary/aromatic N) is 3. The van der Waals surface area contributed by atoms with Crippen molar-refractivity contribution in [2.45, 2.75) is 42.0 Å². The number of halogens is 6. The maximum Gasteiger partial charge on any atom is 0.417 e. The minimum absolute atomic E-state index is 0.116. The van der Waals surface area contributed by atoms with Gasteiger partial charge >= 0.3 is 6.18 Å². The Morgan fingerprint density at radius 1 is 1.08 bits per heavy atom. The molecule has 38 heavy (non-hydrogen) atoms. The van der Waals surface area contributed by atoms with Gasteiger partial charge in [0.2, 0.25) is 0 Å². The lowest BCUT2D eigenvalue weighted by Gasteiger charge is -2.37. The second kappa shape index (κ2) is 11.5. The van der Waals surface area contributed by atoms with Gasteiger partial charge in [-0.3, -0.25) is 0 Å². The lowest BCUT2D eigenvalue weighted by atomic mass is 9.90. The molecule has 6 nitrogen and oxygen atoms in total. The van der Waals surface area contributed by atoms with Crippen LogP contribution in [0.2, 0.25) is 0 Å². The van der Waals surface area contributed by atoms with E-state index in [1.54, 1.807) is 6.92 Å². The van der Waals surface area contributed by atoms with Crippen LogP contribution in [0.25, 0.3) is 6.08 Å². The van der Waals surface area contributed by atoms with Crippen molar-refractivity contribution in [3.05, 3.63) is 89.3 Å². The third-order valence-corrected chi connectivity index (χ3v) is 7.44. The Labute approximate surface area is 218 Å². The summed E-state index contributed by atoms with van der Waals surface area (Å²) in [5.74, 6) is -2.70. The highest BCUT2D eigenvalue weighted by atomic mass is 32.2. The van der Waals surface area contributed by atoms with Crippen LogP contribution in [-0.4, -0.2) is 49.9 Å². The molecule has 1 aliphatic rings. The molecule has 2 aromatic carbocycles. The minimum Gasteiger partial charge on any atom is -0.382 e. The van der Waals surface area contributed by atoms with E-state index in [9.17, 15) is 31.4 Å². The third-order valence-electron chi connectivity index (χ3n) is 5.98. The topological polar surface area (TPSA) is 69.4 Å². The van der Waals surface area contributed by atoms with Crippen LogP contribution < -0.4 is 0 Å². The van der Waals surface area contributed by atoms with E-state index in [-0.39, 0.29) is 36.1 Å². The Kier molecular flexibility index (Phi) is 8.50. The monoisotopic (exact) mass is 559 g/mol. The molecule has 0 amide bonds. The van der Waals surface area contributed by atoms with Crippen LogP contribution in [0.4, 0.5) is 26.3 Å². The Balaban J connectivity index is 1.43. The van der Waals surface area contributed by atoms with Gasteiger partial charge in [0.25, 0.3) is 0 Å². The van der Waals surface area contributed by atoms with Crippen LogP contribution >= 0.6 is 11.8 Å². The summed E-state index contributed by atoms with van der Waals surface area (Å²) in [4.78, 5) is 3.84. The molecule has 3 aromatic rings. The fourth-order valence-corrected chi connectivity index (χ4v) is 5.35.